The fourth-order valence-electron chi connectivity index (χ4n) is 1.43. The summed E-state index contributed by atoms with van der Waals surface area (Å²) < 4.78 is 5.06. The molecule has 0 aromatic carbocycles. The molecule has 1 aromatic heterocycles. The summed E-state index contributed by atoms with van der Waals surface area (Å²) in [6.45, 7) is 7.05. The molecular formula is C13H20N2O4S2. The number of ether oxygens (including phenoxy) is 1. The van der Waals surface area contributed by atoms with Crippen LogP contribution in [0.5, 0.6) is 0 Å². The number of nitrogen functional groups attached to an aromatic ring is 1. The molecule has 1 rings (SSSR count). The van der Waals surface area contributed by atoms with Crippen LogP contribution >= 0.6 is 23.1 Å². The van der Waals surface area contributed by atoms with E-state index in [-0.39, 0.29) is 5.75 Å². The molecule has 0 saturated carbocycles. The predicted molar refractivity (Wildman–Crippen MR) is 85.0 cm³/mol. The number of amides is 1. The van der Waals surface area contributed by atoms with Crippen molar-refractivity contribution in [2.45, 2.75) is 44.2 Å². The van der Waals surface area contributed by atoms with E-state index in [1.54, 1.807) is 20.8 Å². The highest BCUT2D eigenvalue weighted by molar-refractivity contribution is 7.99. The van der Waals surface area contributed by atoms with Gasteiger partial charge in [0, 0.05) is 10.6 Å². The van der Waals surface area contributed by atoms with Crippen LogP contribution in [0, 0.1) is 6.92 Å². The largest absolute Gasteiger partial charge is 0.480 e. The number of hydrogen-bond donors (Lipinski definition) is 3. The standard InChI is InChI=1S/C13H20N2O4S2/c1-7-5-21-10(14)9(7)20-6-8(11(16)17)15-12(18)19-13(2,3)4/h5,8H,6,14H2,1-4H3,(H,15,18)(H,16,17)/t8-/m1/s1. The van der Waals surface area contributed by atoms with Gasteiger partial charge in [-0.2, -0.15) is 0 Å². The highest BCUT2D eigenvalue weighted by Gasteiger charge is 2.24. The van der Waals surface area contributed by atoms with Gasteiger partial charge in [0.1, 0.15) is 11.6 Å². The minimum Gasteiger partial charge on any atom is -0.480 e. The average molecular weight is 332 g/mol. The molecule has 1 amide bonds. The van der Waals surface area contributed by atoms with Crippen LogP contribution in [0.2, 0.25) is 0 Å². The number of rotatable bonds is 5. The molecule has 0 aliphatic heterocycles. The zero-order valence-corrected chi connectivity index (χ0v) is 14.1. The number of aryl methyl sites for hydroxylation is 1. The van der Waals surface area contributed by atoms with Crippen molar-refractivity contribution in [1.29, 1.82) is 0 Å². The number of hydrogen-bond acceptors (Lipinski definition) is 6. The van der Waals surface area contributed by atoms with E-state index < -0.39 is 23.7 Å². The Balaban J connectivity index is 2.63. The molecule has 1 aromatic rings. The summed E-state index contributed by atoms with van der Waals surface area (Å²) in [6.07, 6.45) is -0.745. The first-order valence-electron chi connectivity index (χ1n) is 6.29. The lowest BCUT2D eigenvalue weighted by atomic mass is 10.2. The number of aliphatic carboxylic acids is 1. The van der Waals surface area contributed by atoms with Crippen LogP contribution in [0.15, 0.2) is 10.3 Å². The van der Waals surface area contributed by atoms with Gasteiger partial charge in [-0.05, 0) is 38.6 Å². The smallest absolute Gasteiger partial charge is 0.408 e. The third kappa shape index (κ3) is 5.84. The summed E-state index contributed by atoms with van der Waals surface area (Å²) in [4.78, 5) is 23.7. The highest BCUT2D eigenvalue weighted by Crippen LogP contribution is 2.34. The summed E-state index contributed by atoms with van der Waals surface area (Å²) in [7, 11) is 0. The number of carboxylic acid groups (broad SMARTS) is 1. The molecule has 0 fully saturated rings. The first-order valence-corrected chi connectivity index (χ1v) is 8.15. The van der Waals surface area contributed by atoms with Gasteiger partial charge < -0.3 is 20.9 Å². The van der Waals surface area contributed by atoms with Crippen LogP contribution in [0.3, 0.4) is 0 Å². The van der Waals surface area contributed by atoms with Crippen LogP contribution in [-0.2, 0) is 9.53 Å². The van der Waals surface area contributed by atoms with Gasteiger partial charge in [-0.3, -0.25) is 0 Å². The minimum absolute atomic E-state index is 0.177. The molecule has 0 spiro atoms. The second-order valence-corrected chi connectivity index (χ2v) is 7.40. The Bertz CT molecular complexity index is 503. The van der Waals surface area contributed by atoms with Crippen LogP contribution < -0.4 is 11.1 Å². The first kappa shape index (κ1) is 17.6. The number of nitrogens with one attached hydrogen (secondary N) is 1. The number of carbonyl (C=O) groups excluding carboxylic acids is 1. The third-order valence-corrected chi connectivity index (χ3v) is 4.72. The Morgan fingerprint density at radius 2 is 2.14 bits per heavy atom. The van der Waals surface area contributed by atoms with Crippen molar-refractivity contribution >= 4 is 40.2 Å². The number of carboxylic acids is 1. The maximum absolute atomic E-state index is 11.6. The van der Waals surface area contributed by atoms with Crippen molar-refractivity contribution in [1.82, 2.24) is 5.32 Å². The quantitative estimate of drug-likeness (QED) is 0.717. The first-order chi connectivity index (χ1) is 9.60. The molecule has 4 N–H and O–H groups in total. The number of alkyl carbamates (subject to hydrolysis) is 1. The monoisotopic (exact) mass is 332 g/mol. The summed E-state index contributed by atoms with van der Waals surface area (Å²) in [5.41, 5.74) is 6.16. The van der Waals surface area contributed by atoms with Gasteiger partial charge in [0.25, 0.3) is 0 Å². The van der Waals surface area contributed by atoms with E-state index in [0.717, 1.165) is 10.5 Å². The highest BCUT2D eigenvalue weighted by atomic mass is 32.2. The van der Waals surface area contributed by atoms with Crippen LogP contribution in [0.1, 0.15) is 26.3 Å². The van der Waals surface area contributed by atoms with Gasteiger partial charge in [-0.25, -0.2) is 9.59 Å². The molecule has 21 heavy (non-hydrogen) atoms. The van der Waals surface area contributed by atoms with E-state index in [1.165, 1.54) is 23.1 Å². The maximum Gasteiger partial charge on any atom is 0.408 e. The van der Waals surface area contributed by atoms with Gasteiger partial charge in [-0.15, -0.1) is 23.1 Å². The minimum atomic E-state index is -1.11. The average Bonchev–Trinajstić information content (AvgIpc) is 2.62. The topological polar surface area (TPSA) is 102 Å². The number of nitrogens with two attached hydrogens (primary N) is 1. The predicted octanol–water partition coefficient (Wildman–Crippen LogP) is 2.71. The zero-order valence-electron chi connectivity index (χ0n) is 12.4. The molecule has 8 heteroatoms. The lowest BCUT2D eigenvalue weighted by Crippen LogP contribution is -2.44. The zero-order chi connectivity index (χ0) is 16.2. The van der Waals surface area contributed by atoms with E-state index in [1.807, 2.05) is 12.3 Å². The Morgan fingerprint density at radius 3 is 2.57 bits per heavy atom. The van der Waals surface area contributed by atoms with E-state index in [4.69, 9.17) is 10.5 Å². The van der Waals surface area contributed by atoms with Crippen molar-refractivity contribution in [3.05, 3.63) is 10.9 Å². The SMILES string of the molecule is Cc1csc(N)c1SC[C@@H](NC(=O)OC(C)(C)C)C(=O)O. The van der Waals surface area contributed by atoms with Crippen LogP contribution in [-0.4, -0.2) is 34.6 Å². The normalized spacial score (nSPS) is 12.8. The molecule has 1 heterocycles. The van der Waals surface area contributed by atoms with Gasteiger partial charge in [0.15, 0.2) is 0 Å². The van der Waals surface area contributed by atoms with Crippen LogP contribution in [0.4, 0.5) is 9.80 Å². The molecule has 0 radical (unpaired) electrons. The summed E-state index contributed by atoms with van der Waals surface area (Å²) >= 11 is 2.72. The van der Waals surface area contributed by atoms with E-state index in [9.17, 15) is 14.7 Å². The van der Waals surface area contributed by atoms with E-state index >= 15 is 0 Å². The van der Waals surface area contributed by atoms with E-state index in [2.05, 4.69) is 5.32 Å². The van der Waals surface area contributed by atoms with Gasteiger partial charge >= 0.3 is 12.1 Å². The van der Waals surface area contributed by atoms with Crippen LogP contribution in [0.25, 0.3) is 0 Å². The van der Waals surface area contributed by atoms with Gasteiger partial charge in [0.05, 0.1) is 5.00 Å². The molecule has 0 unspecified atom stereocenters. The lowest BCUT2D eigenvalue weighted by Gasteiger charge is -2.21. The van der Waals surface area contributed by atoms with Crippen molar-refractivity contribution in [2.24, 2.45) is 0 Å². The Morgan fingerprint density at radius 1 is 1.52 bits per heavy atom. The summed E-state index contributed by atoms with van der Waals surface area (Å²) in [5, 5.41) is 14.1. The summed E-state index contributed by atoms with van der Waals surface area (Å²) in [5.74, 6) is -0.934. The molecule has 0 aliphatic carbocycles. The molecule has 0 saturated heterocycles. The summed E-state index contributed by atoms with van der Waals surface area (Å²) in [6, 6.07) is -1.04. The fraction of sp³-hybridized carbons (Fsp3) is 0.538. The fourth-order valence-corrected chi connectivity index (χ4v) is 3.50. The Kier molecular flexibility index (Phi) is 5.91. The molecule has 0 aliphatic rings. The van der Waals surface area contributed by atoms with Gasteiger partial charge in [-0.1, -0.05) is 0 Å². The van der Waals surface area contributed by atoms with Crippen molar-refractivity contribution in [3.8, 4) is 0 Å². The molecule has 0 bridgehead atoms. The van der Waals surface area contributed by atoms with Gasteiger partial charge in [0.2, 0.25) is 0 Å². The Hall–Kier alpha value is -1.41. The molecule has 1 atom stereocenters. The van der Waals surface area contributed by atoms with Crippen molar-refractivity contribution in [2.75, 3.05) is 11.5 Å². The van der Waals surface area contributed by atoms with Crippen molar-refractivity contribution in [3.63, 3.8) is 0 Å². The van der Waals surface area contributed by atoms with E-state index in [0.29, 0.717) is 5.00 Å². The number of carbonyl (C=O) groups is 2. The van der Waals surface area contributed by atoms with Crippen molar-refractivity contribution < 1.29 is 19.4 Å². The second kappa shape index (κ2) is 7.04. The third-order valence-electron chi connectivity index (χ3n) is 2.33. The second-order valence-electron chi connectivity index (χ2n) is 5.46. The Labute approximate surface area is 132 Å². The number of thiophene rings is 1. The number of thioether (sulfide) groups is 1. The molecule has 6 nitrogen and oxygen atoms in total. The molecule has 118 valence electrons. The number of anilines is 1. The maximum atomic E-state index is 11.6. The molecular weight excluding hydrogens is 312 g/mol. The lowest BCUT2D eigenvalue weighted by molar-refractivity contribution is -0.138.